The summed E-state index contributed by atoms with van der Waals surface area (Å²) < 4.78 is 0. The van der Waals surface area contributed by atoms with Gasteiger partial charge in [-0.05, 0) is 65.6 Å². The Morgan fingerprint density at radius 1 is 0.933 bits per heavy atom. The number of phenolic OH excluding ortho intramolecular Hbond substituents is 1. The molecule has 3 aromatic rings. The number of anilines is 1. The van der Waals surface area contributed by atoms with E-state index in [1.165, 1.54) is 11.1 Å². The predicted octanol–water partition coefficient (Wildman–Crippen LogP) is 4.39. The van der Waals surface area contributed by atoms with Crippen molar-refractivity contribution in [2.75, 3.05) is 31.1 Å². The molecule has 0 saturated carbocycles. The van der Waals surface area contributed by atoms with E-state index < -0.39 is 5.97 Å². The molecule has 0 atom stereocenters. The number of aromatic hydroxyl groups is 1. The third-order valence-corrected chi connectivity index (χ3v) is 5.71. The average molecular weight is 402 g/mol. The molecule has 2 N–H and O–H groups in total. The van der Waals surface area contributed by atoms with Gasteiger partial charge in [0.1, 0.15) is 5.75 Å². The Balaban J connectivity index is 1.37. The molecule has 30 heavy (non-hydrogen) atoms. The van der Waals surface area contributed by atoms with E-state index >= 15 is 0 Å². The predicted molar refractivity (Wildman–Crippen MR) is 119 cm³/mol. The number of nitrogens with zero attached hydrogens (tertiary/aromatic N) is 2. The smallest absolute Gasteiger partial charge is 0.335 e. The van der Waals surface area contributed by atoms with E-state index in [4.69, 9.17) is 5.11 Å². The topological polar surface area (TPSA) is 64.0 Å². The molecule has 0 unspecified atom stereocenters. The second-order valence-electron chi connectivity index (χ2n) is 7.81. The maximum Gasteiger partial charge on any atom is 0.335 e. The summed E-state index contributed by atoms with van der Waals surface area (Å²) >= 11 is 0. The first kappa shape index (κ1) is 20.0. The minimum absolute atomic E-state index is 0.284. The zero-order chi connectivity index (χ0) is 21.1. The Morgan fingerprint density at radius 2 is 1.67 bits per heavy atom. The van der Waals surface area contributed by atoms with Crippen LogP contribution in [0.1, 0.15) is 21.5 Å². The second kappa shape index (κ2) is 8.59. The fourth-order valence-corrected chi connectivity index (χ4v) is 4.06. The lowest BCUT2D eigenvalue weighted by Crippen LogP contribution is -2.45. The van der Waals surface area contributed by atoms with Crippen molar-refractivity contribution >= 4 is 11.7 Å². The summed E-state index contributed by atoms with van der Waals surface area (Å²) in [6, 6.07) is 21.0. The molecule has 1 saturated heterocycles. The minimum Gasteiger partial charge on any atom is -0.508 e. The number of carbonyl (C=O) groups is 1. The number of carboxylic acid groups (broad SMARTS) is 1. The average Bonchev–Trinajstić information content (AvgIpc) is 2.74. The highest BCUT2D eigenvalue weighted by molar-refractivity contribution is 5.88. The fraction of sp³-hybridized carbons (Fsp3) is 0.240. The van der Waals surface area contributed by atoms with Gasteiger partial charge in [-0.25, -0.2) is 4.79 Å². The second-order valence-corrected chi connectivity index (χ2v) is 7.81. The quantitative estimate of drug-likeness (QED) is 0.663. The molecule has 0 spiro atoms. The summed E-state index contributed by atoms with van der Waals surface area (Å²) in [4.78, 5) is 15.8. The molecule has 0 radical (unpaired) electrons. The fourth-order valence-electron chi connectivity index (χ4n) is 4.06. The molecule has 3 aromatic carbocycles. The molecule has 1 aliphatic heterocycles. The van der Waals surface area contributed by atoms with Crippen molar-refractivity contribution in [2.45, 2.75) is 13.5 Å². The number of benzene rings is 3. The van der Waals surface area contributed by atoms with Crippen LogP contribution in [-0.2, 0) is 6.54 Å². The van der Waals surface area contributed by atoms with Crippen LogP contribution < -0.4 is 4.90 Å². The van der Waals surface area contributed by atoms with Crippen LogP contribution in [0.5, 0.6) is 5.75 Å². The SMILES string of the molecule is Cc1cc(CN2CCN(c3ccc(C(=O)O)cc3)CC2)ccc1-c1cccc(O)c1. The standard InChI is InChI=1S/C25H26N2O3/c1-18-15-19(5-10-24(18)21-3-2-4-23(28)16-21)17-26-11-13-27(14-12-26)22-8-6-20(7-9-22)25(29)30/h2-10,15-16,28H,11-14,17H2,1H3,(H,29,30). The van der Waals surface area contributed by atoms with Gasteiger partial charge in [-0.2, -0.15) is 0 Å². The van der Waals surface area contributed by atoms with Gasteiger partial charge < -0.3 is 15.1 Å². The van der Waals surface area contributed by atoms with E-state index in [1.54, 1.807) is 24.3 Å². The van der Waals surface area contributed by atoms with Crippen molar-refractivity contribution in [3.05, 3.63) is 83.4 Å². The van der Waals surface area contributed by atoms with Gasteiger partial charge in [0.2, 0.25) is 0 Å². The monoisotopic (exact) mass is 402 g/mol. The molecule has 1 fully saturated rings. The van der Waals surface area contributed by atoms with Gasteiger partial charge in [0, 0.05) is 38.4 Å². The molecule has 1 aliphatic rings. The molecule has 1 heterocycles. The third-order valence-electron chi connectivity index (χ3n) is 5.71. The van der Waals surface area contributed by atoms with E-state index in [2.05, 4.69) is 34.9 Å². The molecule has 5 heteroatoms. The summed E-state index contributed by atoms with van der Waals surface area (Å²) in [6.45, 7) is 6.80. The molecular formula is C25H26N2O3. The van der Waals surface area contributed by atoms with E-state index in [0.29, 0.717) is 5.56 Å². The molecule has 5 nitrogen and oxygen atoms in total. The van der Waals surface area contributed by atoms with Crippen LogP contribution in [0.2, 0.25) is 0 Å². The molecule has 4 rings (SSSR count). The number of rotatable bonds is 5. The lowest BCUT2D eigenvalue weighted by atomic mass is 9.98. The van der Waals surface area contributed by atoms with Gasteiger partial charge in [0.25, 0.3) is 0 Å². The third kappa shape index (κ3) is 4.47. The largest absolute Gasteiger partial charge is 0.508 e. The molecule has 0 aliphatic carbocycles. The van der Waals surface area contributed by atoms with Crippen LogP contribution in [0.15, 0.2) is 66.7 Å². The number of hydrogen-bond donors (Lipinski definition) is 2. The van der Waals surface area contributed by atoms with Gasteiger partial charge in [-0.1, -0.05) is 30.3 Å². The van der Waals surface area contributed by atoms with Gasteiger partial charge >= 0.3 is 5.97 Å². The highest BCUT2D eigenvalue weighted by Crippen LogP contribution is 2.27. The Labute approximate surface area is 176 Å². The molecular weight excluding hydrogens is 376 g/mol. The summed E-state index contributed by atoms with van der Waals surface area (Å²) in [5.74, 6) is -0.608. The van der Waals surface area contributed by atoms with E-state index in [1.807, 2.05) is 24.3 Å². The van der Waals surface area contributed by atoms with Crippen LogP contribution in [0.25, 0.3) is 11.1 Å². The number of aromatic carboxylic acids is 1. The maximum atomic E-state index is 11.0. The van der Waals surface area contributed by atoms with E-state index in [9.17, 15) is 9.90 Å². The first-order valence-electron chi connectivity index (χ1n) is 10.2. The lowest BCUT2D eigenvalue weighted by Gasteiger charge is -2.36. The summed E-state index contributed by atoms with van der Waals surface area (Å²) in [7, 11) is 0. The Morgan fingerprint density at radius 3 is 2.30 bits per heavy atom. The van der Waals surface area contributed by atoms with E-state index in [0.717, 1.165) is 49.5 Å². The zero-order valence-electron chi connectivity index (χ0n) is 17.1. The number of piperazine rings is 1. The lowest BCUT2D eigenvalue weighted by molar-refractivity contribution is 0.0697. The van der Waals surface area contributed by atoms with Crippen molar-refractivity contribution in [1.82, 2.24) is 4.90 Å². The number of hydrogen-bond acceptors (Lipinski definition) is 4. The summed E-state index contributed by atoms with van der Waals surface area (Å²) in [6.07, 6.45) is 0. The number of phenols is 1. The molecule has 0 bridgehead atoms. The molecule has 0 aromatic heterocycles. The minimum atomic E-state index is -0.892. The summed E-state index contributed by atoms with van der Waals surface area (Å²) in [5, 5.41) is 18.8. The highest BCUT2D eigenvalue weighted by atomic mass is 16.4. The summed E-state index contributed by atoms with van der Waals surface area (Å²) in [5.41, 5.74) is 6.06. The first-order chi connectivity index (χ1) is 14.5. The normalized spacial score (nSPS) is 14.6. The van der Waals surface area contributed by atoms with Gasteiger partial charge in [-0.3, -0.25) is 4.90 Å². The van der Waals surface area contributed by atoms with Crippen molar-refractivity contribution in [3.8, 4) is 16.9 Å². The zero-order valence-corrected chi connectivity index (χ0v) is 17.1. The van der Waals surface area contributed by atoms with Crippen molar-refractivity contribution in [3.63, 3.8) is 0 Å². The van der Waals surface area contributed by atoms with Crippen molar-refractivity contribution in [1.29, 1.82) is 0 Å². The Bertz CT molecular complexity index is 1040. The maximum absolute atomic E-state index is 11.0. The number of aryl methyl sites for hydroxylation is 1. The van der Waals surface area contributed by atoms with Crippen LogP contribution >= 0.6 is 0 Å². The van der Waals surface area contributed by atoms with Crippen molar-refractivity contribution < 1.29 is 15.0 Å². The Kier molecular flexibility index (Phi) is 5.72. The van der Waals surface area contributed by atoms with Crippen molar-refractivity contribution in [2.24, 2.45) is 0 Å². The van der Waals surface area contributed by atoms with Crippen LogP contribution in [0.3, 0.4) is 0 Å². The van der Waals surface area contributed by atoms with Crippen LogP contribution in [0, 0.1) is 6.92 Å². The van der Waals surface area contributed by atoms with Crippen LogP contribution in [0.4, 0.5) is 5.69 Å². The highest BCUT2D eigenvalue weighted by Gasteiger charge is 2.18. The first-order valence-corrected chi connectivity index (χ1v) is 10.2. The molecule has 0 amide bonds. The van der Waals surface area contributed by atoms with Gasteiger partial charge in [0.15, 0.2) is 0 Å². The molecule has 154 valence electrons. The van der Waals surface area contributed by atoms with Gasteiger partial charge in [0.05, 0.1) is 5.56 Å². The van der Waals surface area contributed by atoms with Crippen LogP contribution in [-0.4, -0.2) is 47.3 Å². The number of carboxylic acids is 1. The Hall–Kier alpha value is -3.31. The van der Waals surface area contributed by atoms with Gasteiger partial charge in [-0.15, -0.1) is 0 Å². The van der Waals surface area contributed by atoms with E-state index in [-0.39, 0.29) is 5.75 Å².